The summed E-state index contributed by atoms with van der Waals surface area (Å²) in [7, 11) is 0. The molecule has 3 aromatic rings. The number of anilines is 1. The molecule has 0 bridgehead atoms. The highest BCUT2D eigenvalue weighted by Gasteiger charge is 2.13. The largest absolute Gasteiger partial charge is 0.492 e. The number of halogens is 1. The van der Waals surface area contributed by atoms with Crippen molar-refractivity contribution in [3.63, 3.8) is 0 Å². The van der Waals surface area contributed by atoms with Gasteiger partial charge >= 0.3 is 4.87 Å². The highest BCUT2D eigenvalue weighted by molar-refractivity contribution is 7.16. The summed E-state index contributed by atoms with van der Waals surface area (Å²) in [5.41, 5.74) is 1.94. The van der Waals surface area contributed by atoms with Gasteiger partial charge in [0.1, 0.15) is 5.75 Å². The first-order valence-electron chi connectivity index (χ1n) is 8.29. The first-order valence-corrected chi connectivity index (χ1v) is 9.49. The first-order chi connectivity index (χ1) is 12.4. The summed E-state index contributed by atoms with van der Waals surface area (Å²) in [4.78, 5) is 24.6. The Labute approximate surface area is 160 Å². The molecule has 3 rings (SSSR count). The summed E-state index contributed by atoms with van der Waals surface area (Å²) in [6.07, 6.45) is 0. The number of ether oxygens (including phenoxy) is 1. The third kappa shape index (κ3) is 3.61. The first kappa shape index (κ1) is 18.5. The lowest BCUT2D eigenvalue weighted by atomic mass is 10.2. The number of carbonyl (C=O) groups excluding carboxylic acids is 1. The van der Waals surface area contributed by atoms with Crippen molar-refractivity contribution in [2.75, 3.05) is 11.9 Å². The van der Waals surface area contributed by atoms with Crippen LogP contribution in [0.3, 0.4) is 0 Å². The van der Waals surface area contributed by atoms with Gasteiger partial charge in [0, 0.05) is 17.3 Å². The second-order valence-corrected chi connectivity index (χ2v) is 7.45. The Balaban J connectivity index is 1.85. The monoisotopic (exact) mass is 390 g/mol. The van der Waals surface area contributed by atoms with E-state index in [-0.39, 0.29) is 16.8 Å². The maximum absolute atomic E-state index is 12.5. The number of hydrogen-bond acceptors (Lipinski definition) is 4. The molecule has 0 aliphatic carbocycles. The van der Waals surface area contributed by atoms with Gasteiger partial charge in [-0.25, -0.2) is 0 Å². The van der Waals surface area contributed by atoms with Gasteiger partial charge in [0.2, 0.25) is 0 Å². The van der Waals surface area contributed by atoms with Crippen molar-refractivity contribution in [3.05, 3.63) is 56.7 Å². The van der Waals surface area contributed by atoms with Crippen LogP contribution in [-0.4, -0.2) is 17.1 Å². The number of nitrogens with zero attached hydrogens (tertiary/aromatic N) is 1. The average Bonchev–Trinajstić information content (AvgIpc) is 2.91. The van der Waals surface area contributed by atoms with E-state index in [1.165, 1.54) is 11.3 Å². The second-order valence-electron chi connectivity index (χ2n) is 6.05. The smallest absolute Gasteiger partial charge is 0.308 e. The molecule has 26 heavy (non-hydrogen) atoms. The van der Waals surface area contributed by atoms with Crippen LogP contribution in [0.5, 0.6) is 5.75 Å². The van der Waals surface area contributed by atoms with Gasteiger partial charge in [-0.05, 0) is 57.2 Å². The van der Waals surface area contributed by atoms with E-state index in [1.807, 2.05) is 32.9 Å². The van der Waals surface area contributed by atoms with Crippen molar-refractivity contribution < 1.29 is 9.53 Å². The molecule has 1 heterocycles. The van der Waals surface area contributed by atoms with Crippen molar-refractivity contribution in [2.24, 2.45) is 0 Å². The highest BCUT2D eigenvalue weighted by Crippen LogP contribution is 2.27. The predicted octanol–water partition coefficient (Wildman–Crippen LogP) is 4.95. The maximum Gasteiger partial charge on any atom is 0.308 e. The molecule has 0 aliphatic rings. The number of benzene rings is 2. The van der Waals surface area contributed by atoms with Crippen LogP contribution in [0.25, 0.3) is 10.2 Å². The normalized spacial score (nSPS) is 11.1. The van der Waals surface area contributed by atoms with Gasteiger partial charge in [-0.15, -0.1) is 0 Å². The molecule has 0 saturated carbocycles. The fourth-order valence-electron chi connectivity index (χ4n) is 2.72. The van der Waals surface area contributed by atoms with Crippen LogP contribution in [0.1, 0.15) is 37.2 Å². The molecule has 1 amide bonds. The highest BCUT2D eigenvalue weighted by atomic mass is 35.5. The van der Waals surface area contributed by atoms with Crippen LogP contribution < -0.4 is 14.9 Å². The van der Waals surface area contributed by atoms with Crippen molar-refractivity contribution >= 4 is 44.7 Å². The number of rotatable bonds is 5. The van der Waals surface area contributed by atoms with Gasteiger partial charge < -0.3 is 10.1 Å². The number of nitrogens with one attached hydrogen (secondary N) is 1. The average molecular weight is 391 g/mol. The predicted molar refractivity (Wildman–Crippen MR) is 107 cm³/mol. The molecule has 0 fully saturated rings. The van der Waals surface area contributed by atoms with E-state index in [2.05, 4.69) is 5.32 Å². The Morgan fingerprint density at radius 3 is 2.69 bits per heavy atom. The van der Waals surface area contributed by atoms with Crippen LogP contribution in [0, 0.1) is 0 Å². The Kier molecular flexibility index (Phi) is 5.34. The number of hydrogen-bond donors (Lipinski definition) is 1. The van der Waals surface area contributed by atoms with E-state index in [1.54, 1.807) is 28.8 Å². The fraction of sp³-hybridized carbons (Fsp3) is 0.263. The van der Waals surface area contributed by atoms with E-state index in [0.29, 0.717) is 28.6 Å². The van der Waals surface area contributed by atoms with E-state index < -0.39 is 0 Å². The molecular weight excluding hydrogens is 372 g/mol. The molecule has 0 spiro atoms. The zero-order valence-electron chi connectivity index (χ0n) is 14.7. The van der Waals surface area contributed by atoms with Crippen molar-refractivity contribution in [1.29, 1.82) is 0 Å². The van der Waals surface area contributed by atoms with Crippen molar-refractivity contribution in [3.8, 4) is 5.75 Å². The molecule has 1 N–H and O–H groups in total. The van der Waals surface area contributed by atoms with E-state index in [9.17, 15) is 9.59 Å². The molecule has 7 heteroatoms. The Morgan fingerprint density at radius 2 is 2.04 bits per heavy atom. The molecule has 0 radical (unpaired) electrons. The van der Waals surface area contributed by atoms with Gasteiger partial charge in [-0.2, -0.15) is 0 Å². The van der Waals surface area contributed by atoms with E-state index >= 15 is 0 Å². The van der Waals surface area contributed by atoms with Crippen LogP contribution in [0.2, 0.25) is 5.02 Å². The third-order valence-corrected chi connectivity index (χ3v) is 5.10. The molecule has 136 valence electrons. The van der Waals surface area contributed by atoms with Gasteiger partial charge in [0.25, 0.3) is 5.91 Å². The summed E-state index contributed by atoms with van der Waals surface area (Å²) in [5.74, 6) is 0.275. The summed E-state index contributed by atoms with van der Waals surface area (Å²) in [5, 5.41) is 3.23. The molecule has 1 aromatic heterocycles. The van der Waals surface area contributed by atoms with Gasteiger partial charge in [-0.1, -0.05) is 22.9 Å². The number of thiazole rings is 1. The summed E-state index contributed by atoms with van der Waals surface area (Å²) >= 11 is 7.31. The molecule has 0 unspecified atom stereocenters. The van der Waals surface area contributed by atoms with Crippen LogP contribution in [0.15, 0.2) is 41.2 Å². The fourth-order valence-corrected chi connectivity index (χ4v) is 4.01. The van der Waals surface area contributed by atoms with Crippen LogP contribution in [0.4, 0.5) is 5.69 Å². The van der Waals surface area contributed by atoms with Crippen molar-refractivity contribution in [1.82, 2.24) is 4.57 Å². The standard InChI is InChI=1S/C19H19ClN2O3S/c1-4-25-16-8-5-12(9-14(16)20)18(23)21-13-6-7-15-17(10-13)26-19(24)22(15)11(2)3/h5-11H,4H2,1-3H3,(H,21,23). The quantitative estimate of drug-likeness (QED) is 0.670. The minimum Gasteiger partial charge on any atom is -0.492 e. The lowest BCUT2D eigenvalue weighted by Crippen LogP contribution is -2.14. The third-order valence-electron chi connectivity index (χ3n) is 3.88. The number of amides is 1. The zero-order chi connectivity index (χ0) is 18.8. The minimum atomic E-state index is -0.273. The number of carbonyl (C=O) groups is 1. The topological polar surface area (TPSA) is 60.3 Å². The zero-order valence-corrected chi connectivity index (χ0v) is 16.3. The van der Waals surface area contributed by atoms with Gasteiger partial charge in [0.05, 0.1) is 21.8 Å². The minimum absolute atomic E-state index is 0.00299. The van der Waals surface area contributed by atoms with Crippen LogP contribution in [-0.2, 0) is 0 Å². The Bertz CT molecular complexity index is 1020. The van der Waals surface area contributed by atoms with E-state index in [4.69, 9.17) is 16.3 Å². The molecule has 0 saturated heterocycles. The van der Waals surface area contributed by atoms with E-state index in [0.717, 1.165) is 10.2 Å². The number of aromatic nitrogens is 1. The summed E-state index contributed by atoms with van der Waals surface area (Å²) < 4.78 is 7.96. The molecule has 0 aliphatic heterocycles. The van der Waals surface area contributed by atoms with Gasteiger partial charge in [-0.3, -0.25) is 14.2 Å². The molecule has 2 aromatic carbocycles. The van der Waals surface area contributed by atoms with Crippen LogP contribution >= 0.6 is 22.9 Å². The second kappa shape index (κ2) is 7.51. The summed E-state index contributed by atoms with van der Waals surface area (Å²) in [6.45, 7) is 6.32. The summed E-state index contributed by atoms with van der Waals surface area (Å²) in [6, 6.07) is 10.5. The molecular formula is C19H19ClN2O3S. The molecule has 5 nitrogen and oxygen atoms in total. The number of fused-ring (bicyclic) bond motifs is 1. The van der Waals surface area contributed by atoms with Gasteiger partial charge in [0.15, 0.2) is 0 Å². The lowest BCUT2D eigenvalue weighted by molar-refractivity contribution is 0.102. The Hall–Kier alpha value is -2.31. The maximum atomic E-state index is 12.5. The Morgan fingerprint density at radius 1 is 1.27 bits per heavy atom. The lowest BCUT2D eigenvalue weighted by Gasteiger charge is -2.10. The SMILES string of the molecule is CCOc1ccc(C(=O)Nc2ccc3c(c2)sc(=O)n3C(C)C)cc1Cl. The molecule has 0 atom stereocenters. The van der Waals surface area contributed by atoms with Crippen molar-refractivity contribution in [2.45, 2.75) is 26.8 Å².